The fourth-order valence-electron chi connectivity index (χ4n) is 3.68. The number of urea groups is 1. The number of piperidine rings is 1. The van der Waals surface area contributed by atoms with Gasteiger partial charge in [0, 0.05) is 19.1 Å². The smallest absolute Gasteiger partial charge is 0.317 e. The molecule has 1 saturated carbocycles. The van der Waals surface area contributed by atoms with Crippen LogP contribution in [0.5, 0.6) is 0 Å². The molecule has 0 aromatic heterocycles. The summed E-state index contributed by atoms with van der Waals surface area (Å²) in [5.41, 5.74) is 0.983. The molecule has 4 nitrogen and oxygen atoms in total. The molecule has 0 bridgehead atoms. The van der Waals surface area contributed by atoms with E-state index in [0.717, 1.165) is 44.3 Å². The van der Waals surface area contributed by atoms with E-state index in [-0.39, 0.29) is 11.9 Å². The highest BCUT2D eigenvalue weighted by atomic mass is 16.3. The first-order valence-electron chi connectivity index (χ1n) is 8.52. The molecular weight excluding hydrogens is 276 g/mol. The largest absolute Gasteiger partial charge is 0.388 e. The van der Waals surface area contributed by atoms with Crippen molar-refractivity contribution in [2.75, 3.05) is 13.1 Å². The van der Waals surface area contributed by atoms with E-state index < -0.39 is 6.10 Å². The lowest BCUT2D eigenvalue weighted by Gasteiger charge is -2.35. The van der Waals surface area contributed by atoms with Crippen molar-refractivity contribution in [1.82, 2.24) is 10.2 Å². The summed E-state index contributed by atoms with van der Waals surface area (Å²) >= 11 is 0. The standard InChI is InChI=1S/C18H26N2O2/c21-17(14-6-2-1-3-7-14)15-10-12-20(13-11-15)18(22)19-16-8-4-5-9-16/h1-3,6-7,15-17,21H,4-5,8-13H2,(H,19,22). The number of carbonyl (C=O) groups is 1. The third-order valence-corrected chi connectivity index (χ3v) is 5.10. The van der Waals surface area contributed by atoms with E-state index >= 15 is 0 Å². The molecule has 1 heterocycles. The van der Waals surface area contributed by atoms with Crippen LogP contribution in [0.3, 0.4) is 0 Å². The van der Waals surface area contributed by atoms with Crippen LogP contribution >= 0.6 is 0 Å². The molecule has 0 spiro atoms. The zero-order valence-electron chi connectivity index (χ0n) is 13.1. The van der Waals surface area contributed by atoms with E-state index in [9.17, 15) is 9.90 Å². The van der Waals surface area contributed by atoms with Gasteiger partial charge < -0.3 is 15.3 Å². The quantitative estimate of drug-likeness (QED) is 0.901. The Bertz CT molecular complexity index is 477. The van der Waals surface area contributed by atoms with Crippen molar-refractivity contribution < 1.29 is 9.90 Å². The van der Waals surface area contributed by atoms with Gasteiger partial charge in [-0.15, -0.1) is 0 Å². The third-order valence-electron chi connectivity index (χ3n) is 5.10. The number of hydrogen-bond acceptors (Lipinski definition) is 2. The molecule has 22 heavy (non-hydrogen) atoms. The maximum absolute atomic E-state index is 12.3. The second kappa shape index (κ2) is 7.14. The fourth-order valence-corrected chi connectivity index (χ4v) is 3.68. The van der Waals surface area contributed by atoms with Crippen LogP contribution in [0.15, 0.2) is 30.3 Å². The summed E-state index contributed by atoms with van der Waals surface area (Å²) in [6.07, 6.45) is 6.03. The maximum Gasteiger partial charge on any atom is 0.317 e. The molecule has 4 heteroatoms. The normalized spacial score (nSPS) is 21.8. The number of aliphatic hydroxyl groups excluding tert-OH is 1. The summed E-state index contributed by atoms with van der Waals surface area (Å²) in [7, 11) is 0. The van der Waals surface area contributed by atoms with Crippen LogP contribution in [0.25, 0.3) is 0 Å². The van der Waals surface area contributed by atoms with Crippen molar-refractivity contribution in [1.29, 1.82) is 0 Å². The van der Waals surface area contributed by atoms with Gasteiger partial charge in [-0.25, -0.2) is 4.79 Å². The summed E-state index contributed by atoms with van der Waals surface area (Å²) in [6.45, 7) is 1.49. The lowest BCUT2D eigenvalue weighted by molar-refractivity contribution is 0.0661. The molecule has 1 aliphatic heterocycles. The SMILES string of the molecule is O=C(NC1CCCC1)N1CCC(C(O)c2ccccc2)CC1. The first-order valence-corrected chi connectivity index (χ1v) is 8.52. The summed E-state index contributed by atoms with van der Waals surface area (Å²) < 4.78 is 0. The minimum atomic E-state index is -0.416. The van der Waals surface area contributed by atoms with Gasteiger partial charge in [-0.3, -0.25) is 0 Å². The molecule has 1 unspecified atom stereocenters. The second-order valence-corrected chi connectivity index (χ2v) is 6.61. The van der Waals surface area contributed by atoms with Gasteiger partial charge in [0.1, 0.15) is 0 Å². The molecule has 0 radical (unpaired) electrons. The van der Waals surface area contributed by atoms with Gasteiger partial charge in [0.25, 0.3) is 0 Å². The number of nitrogens with zero attached hydrogens (tertiary/aromatic N) is 1. The Balaban J connectivity index is 1.48. The van der Waals surface area contributed by atoms with Crippen LogP contribution in [0, 0.1) is 5.92 Å². The zero-order valence-corrected chi connectivity index (χ0v) is 13.1. The number of likely N-dealkylation sites (tertiary alicyclic amines) is 1. The van der Waals surface area contributed by atoms with E-state index in [1.807, 2.05) is 35.2 Å². The molecule has 3 rings (SSSR count). The molecule has 1 aromatic rings. The van der Waals surface area contributed by atoms with Crippen molar-refractivity contribution in [3.8, 4) is 0 Å². The summed E-state index contributed by atoms with van der Waals surface area (Å²) in [6, 6.07) is 10.3. The zero-order chi connectivity index (χ0) is 15.4. The van der Waals surface area contributed by atoms with Crippen molar-refractivity contribution in [3.63, 3.8) is 0 Å². The number of hydrogen-bond donors (Lipinski definition) is 2. The fraction of sp³-hybridized carbons (Fsp3) is 0.611. The molecule has 2 aliphatic rings. The highest BCUT2D eigenvalue weighted by Gasteiger charge is 2.29. The van der Waals surface area contributed by atoms with Gasteiger partial charge in [0.05, 0.1) is 6.10 Å². The van der Waals surface area contributed by atoms with Gasteiger partial charge in [-0.2, -0.15) is 0 Å². The Morgan fingerprint density at radius 3 is 2.36 bits per heavy atom. The van der Waals surface area contributed by atoms with E-state index in [1.54, 1.807) is 0 Å². The molecule has 1 atom stereocenters. The Morgan fingerprint density at radius 1 is 1.09 bits per heavy atom. The third kappa shape index (κ3) is 3.61. The van der Waals surface area contributed by atoms with Crippen LogP contribution in [0.4, 0.5) is 4.79 Å². The predicted molar refractivity (Wildman–Crippen MR) is 86.5 cm³/mol. The minimum Gasteiger partial charge on any atom is -0.388 e. The van der Waals surface area contributed by atoms with E-state index in [2.05, 4.69) is 5.32 Å². The van der Waals surface area contributed by atoms with Crippen molar-refractivity contribution in [2.24, 2.45) is 5.92 Å². The highest BCUT2D eigenvalue weighted by molar-refractivity contribution is 5.74. The first-order chi connectivity index (χ1) is 10.7. The Kier molecular flexibility index (Phi) is 4.98. The van der Waals surface area contributed by atoms with Crippen molar-refractivity contribution >= 4 is 6.03 Å². The van der Waals surface area contributed by atoms with E-state index in [1.165, 1.54) is 12.8 Å². The number of amides is 2. The maximum atomic E-state index is 12.3. The Hall–Kier alpha value is -1.55. The van der Waals surface area contributed by atoms with Crippen LogP contribution in [0.1, 0.15) is 50.2 Å². The number of rotatable bonds is 3. The topological polar surface area (TPSA) is 52.6 Å². The van der Waals surface area contributed by atoms with E-state index in [0.29, 0.717) is 6.04 Å². The number of benzene rings is 1. The average molecular weight is 302 g/mol. The summed E-state index contributed by atoms with van der Waals surface area (Å²) in [5.74, 6) is 0.248. The number of carbonyl (C=O) groups excluding carboxylic acids is 1. The Labute approximate surface area is 132 Å². The van der Waals surface area contributed by atoms with E-state index in [4.69, 9.17) is 0 Å². The van der Waals surface area contributed by atoms with Crippen LogP contribution in [-0.4, -0.2) is 35.2 Å². The second-order valence-electron chi connectivity index (χ2n) is 6.61. The molecule has 1 aromatic carbocycles. The summed E-state index contributed by atoms with van der Waals surface area (Å²) in [5, 5.41) is 13.6. The molecular formula is C18H26N2O2. The van der Waals surface area contributed by atoms with Gasteiger partial charge in [0.15, 0.2) is 0 Å². The number of aliphatic hydroxyl groups is 1. The van der Waals surface area contributed by atoms with Crippen LogP contribution < -0.4 is 5.32 Å². The van der Waals surface area contributed by atoms with Gasteiger partial charge >= 0.3 is 6.03 Å². The highest BCUT2D eigenvalue weighted by Crippen LogP contribution is 2.30. The molecule has 2 fully saturated rings. The lowest BCUT2D eigenvalue weighted by Crippen LogP contribution is -2.47. The molecule has 120 valence electrons. The van der Waals surface area contributed by atoms with Gasteiger partial charge in [-0.05, 0) is 37.2 Å². The average Bonchev–Trinajstić information content (AvgIpc) is 3.08. The van der Waals surface area contributed by atoms with Crippen molar-refractivity contribution in [2.45, 2.75) is 50.7 Å². The van der Waals surface area contributed by atoms with Gasteiger partial charge in [-0.1, -0.05) is 43.2 Å². The first kappa shape index (κ1) is 15.3. The molecule has 1 aliphatic carbocycles. The molecule has 2 amide bonds. The minimum absolute atomic E-state index is 0.0829. The monoisotopic (exact) mass is 302 g/mol. The molecule has 1 saturated heterocycles. The molecule has 2 N–H and O–H groups in total. The predicted octanol–water partition coefficient (Wildman–Crippen LogP) is 3.08. The van der Waals surface area contributed by atoms with Gasteiger partial charge in [0.2, 0.25) is 0 Å². The lowest BCUT2D eigenvalue weighted by atomic mass is 9.87. The van der Waals surface area contributed by atoms with Crippen molar-refractivity contribution in [3.05, 3.63) is 35.9 Å². The van der Waals surface area contributed by atoms with Crippen LogP contribution in [-0.2, 0) is 0 Å². The van der Waals surface area contributed by atoms with Crippen LogP contribution in [0.2, 0.25) is 0 Å². The summed E-state index contributed by atoms with van der Waals surface area (Å²) in [4.78, 5) is 14.2. The number of nitrogens with one attached hydrogen (secondary N) is 1. The Morgan fingerprint density at radius 2 is 1.73 bits per heavy atom.